The van der Waals surface area contributed by atoms with Gasteiger partial charge in [-0.2, -0.15) is 0 Å². The van der Waals surface area contributed by atoms with Crippen molar-refractivity contribution in [3.63, 3.8) is 0 Å². The topological polar surface area (TPSA) is 86.3 Å². The second kappa shape index (κ2) is 8.61. The molecule has 3 heterocycles. The number of rotatable bonds is 7. The van der Waals surface area contributed by atoms with E-state index in [1.807, 2.05) is 36.4 Å². The van der Waals surface area contributed by atoms with E-state index >= 15 is 0 Å². The van der Waals surface area contributed by atoms with Crippen molar-refractivity contribution in [2.24, 2.45) is 11.8 Å². The molecular weight excluding hydrogens is 448 g/mol. The van der Waals surface area contributed by atoms with Gasteiger partial charge in [0.1, 0.15) is 5.60 Å². The third-order valence-corrected chi connectivity index (χ3v) is 7.21. The predicted molar refractivity (Wildman–Crippen MR) is 131 cm³/mol. The summed E-state index contributed by atoms with van der Waals surface area (Å²) in [5.41, 5.74) is 1.71. The lowest BCUT2D eigenvalue weighted by Crippen LogP contribution is -2.41. The first-order chi connectivity index (χ1) is 16.8. The van der Waals surface area contributed by atoms with Gasteiger partial charge in [0.25, 0.3) is 0 Å². The number of fused-ring (bicyclic) bond motifs is 1. The zero-order valence-electron chi connectivity index (χ0n) is 20.5. The first kappa shape index (κ1) is 23.2. The Labute approximate surface area is 204 Å². The minimum absolute atomic E-state index is 0.0980. The minimum Gasteiger partial charge on any atom is -0.493 e. The van der Waals surface area contributed by atoms with Crippen molar-refractivity contribution in [3.05, 3.63) is 54.1 Å². The molecule has 2 aromatic rings. The molecule has 3 aliphatic heterocycles. The molecule has 2 saturated heterocycles. The van der Waals surface area contributed by atoms with Crippen LogP contribution in [0.5, 0.6) is 17.2 Å². The molecule has 2 unspecified atom stereocenters. The van der Waals surface area contributed by atoms with E-state index in [1.165, 1.54) is 26.9 Å². The molecule has 0 aliphatic carbocycles. The van der Waals surface area contributed by atoms with Crippen molar-refractivity contribution in [1.82, 2.24) is 0 Å². The second-order valence-corrected chi connectivity index (χ2v) is 9.47. The van der Waals surface area contributed by atoms with Crippen molar-refractivity contribution in [1.29, 1.82) is 0 Å². The van der Waals surface area contributed by atoms with Crippen LogP contribution in [0.25, 0.3) is 0 Å². The van der Waals surface area contributed by atoms with Gasteiger partial charge in [-0.1, -0.05) is 38.1 Å². The summed E-state index contributed by atoms with van der Waals surface area (Å²) in [5, 5.41) is 2.93. The Bertz CT molecular complexity index is 1170. The van der Waals surface area contributed by atoms with Gasteiger partial charge >= 0.3 is 0 Å². The molecule has 3 aliphatic rings. The molecule has 8 heteroatoms. The Morgan fingerprint density at radius 3 is 2.31 bits per heavy atom. The number of carbonyl (C=O) groups is 2. The largest absolute Gasteiger partial charge is 0.493 e. The Balaban J connectivity index is 1.41. The summed E-state index contributed by atoms with van der Waals surface area (Å²) in [6.07, 6.45) is 3.40. The van der Waals surface area contributed by atoms with Crippen LogP contribution in [0.4, 0.5) is 11.4 Å². The monoisotopic (exact) mass is 478 g/mol. The van der Waals surface area contributed by atoms with E-state index in [4.69, 9.17) is 18.9 Å². The highest BCUT2D eigenvalue weighted by Gasteiger charge is 2.67. The fraction of sp³-hybridized carbons (Fsp3) is 0.407. The number of hydrogen-bond acceptors (Lipinski definition) is 6. The normalized spacial score (nSPS) is 26.3. The number of carbonyl (C=O) groups excluding carboxylic acids is 2. The van der Waals surface area contributed by atoms with Gasteiger partial charge in [0, 0.05) is 23.5 Å². The predicted octanol–water partition coefficient (Wildman–Crippen LogP) is 3.76. The van der Waals surface area contributed by atoms with Crippen LogP contribution in [-0.4, -0.2) is 51.4 Å². The van der Waals surface area contributed by atoms with Crippen molar-refractivity contribution in [2.75, 3.05) is 38.1 Å². The lowest BCUT2D eigenvalue weighted by molar-refractivity contribution is -0.128. The Hall–Kier alpha value is -3.52. The molecule has 0 saturated carbocycles. The molecule has 5 rings (SSSR count). The third kappa shape index (κ3) is 3.63. The van der Waals surface area contributed by atoms with Gasteiger partial charge in [0.15, 0.2) is 11.5 Å². The number of amides is 2. The van der Waals surface area contributed by atoms with Gasteiger partial charge in [-0.3, -0.25) is 9.59 Å². The van der Waals surface area contributed by atoms with Gasteiger partial charge in [-0.15, -0.1) is 0 Å². The van der Waals surface area contributed by atoms with Gasteiger partial charge in [0.05, 0.1) is 45.8 Å². The lowest BCUT2D eigenvalue weighted by atomic mass is 9.76. The maximum Gasteiger partial charge on any atom is 0.234 e. The van der Waals surface area contributed by atoms with E-state index in [9.17, 15) is 9.59 Å². The van der Waals surface area contributed by atoms with Crippen LogP contribution >= 0.6 is 0 Å². The number of nitrogens with zero attached hydrogens (tertiary/aromatic N) is 1. The molecule has 2 amide bonds. The number of ether oxygens (including phenoxy) is 4. The number of hydrogen-bond donors (Lipinski definition) is 1. The smallest absolute Gasteiger partial charge is 0.234 e. The van der Waals surface area contributed by atoms with E-state index in [-0.39, 0.29) is 11.8 Å². The zero-order valence-corrected chi connectivity index (χ0v) is 20.5. The van der Waals surface area contributed by atoms with Gasteiger partial charge in [-0.25, -0.2) is 0 Å². The summed E-state index contributed by atoms with van der Waals surface area (Å²) in [6.45, 7) is 4.65. The highest BCUT2D eigenvalue weighted by molar-refractivity contribution is 6.05. The first-order valence-corrected chi connectivity index (χ1v) is 11.7. The molecule has 1 spiro atoms. The van der Waals surface area contributed by atoms with Crippen molar-refractivity contribution in [2.45, 2.75) is 31.5 Å². The third-order valence-electron chi connectivity index (χ3n) is 7.21. The van der Waals surface area contributed by atoms with Crippen molar-refractivity contribution in [3.8, 4) is 17.2 Å². The fourth-order valence-electron chi connectivity index (χ4n) is 5.43. The molecule has 2 bridgehead atoms. The zero-order chi connectivity index (χ0) is 24.9. The highest BCUT2D eigenvalue weighted by atomic mass is 16.5. The fourth-order valence-corrected chi connectivity index (χ4v) is 5.43. The van der Waals surface area contributed by atoms with Crippen LogP contribution in [0.3, 0.4) is 0 Å². The van der Waals surface area contributed by atoms with Gasteiger partial charge in [0.2, 0.25) is 17.6 Å². The molecule has 1 N–H and O–H groups in total. The molecule has 0 aromatic heterocycles. The maximum absolute atomic E-state index is 13.6. The standard InChI is InChI=1S/C27H30N2O6/c1-15(2)16-6-8-18(9-7-16)29-14-27-11-10-19(35-27)22(23(27)26(29)31)25(30)28-17-12-20(32-3)24(34-5)21(13-17)33-4/h6-13,15,19,22-23H,14H2,1-5H3,(H,28,30)/t19-,22?,23?,27-/m1/s1. The summed E-state index contributed by atoms with van der Waals surface area (Å²) < 4.78 is 22.4. The number of benzene rings is 2. The van der Waals surface area contributed by atoms with E-state index in [0.717, 1.165) is 5.69 Å². The number of nitrogens with one attached hydrogen (secondary N) is 1. The first-order valence-electron chi connectivity index (χ1n) is 11.7. The van der Waals surface area contributed by atoms with Crippen LogP contribution in [0.2, 0.25) is 0 Å². The highest BCUT2D eigenvalue weighted by Crippen LogP contribution is 2.53. The number of methoxy groups -OCH3 is 3. The van der Waals surface area contributed by atoms with Gasteiger partial charge in [-0.05, 0) is 23.6 Å². The Morgan fingerprint density at radius 2 is 1.74 bits per heavy atom. The quantitative estimate of drug-likeness (QED) is 0.610. The Kier molecular flexibility index (Phi) is 5.71. The summed E-state index contributed by atoms with van der Waals surface area (Å²) in [7, 11) is 4.55. The second-order valence-electron chi connectivity index (χ2n) is 9.47. The van der Waals surface area contributed by atoms with Crippen LogP contribution in [-0.2, 0) is 14.3 Å². The van der Waals surface area contributed by atoms with Gasteiger partial charge < -0.3 is 29.2 Å². The van der Waals surface area contributed by atoms with Crippen LogP contribution < -0.4 is 24.4 Å². The molecule has 184 valence electrons. The van der Waals surface area contributed by atoms with Crippen LogP contribution in [0, 0.1) is 11.8 Å². The summed E-state index contributed by atoms with van der Waals surface area (Å²) >= 11 is 0. The lowest BCUT2D eigenvalue weighted by Gasteiger charge is -2.24. The van der Waals surface area contributed by atoms with E-state index in [0.29, 0.717) is 35.4 Å². The van der Waals surface area contributed by atoms with Crippen molar-refractivity contribution >= 4 is 23.2 Å². The molecule has 0 radical (unpaired) electrons. The van der Waals surface area contributed by atoms with E-state index in [2.05, 4.69) is 19.2 Å². The van der Waals surface area contributed by atoms with Crippen molar-refractivity contribution < 1.29 is 28.5 Å². The Morgan fingerprint density at radius 1 is 1.09 bits per heavy atom. The molecule has 8 nitrogen and oxygen atoms in total. The summed E-state index contributed by atoms with van der Waals surface area (Å²) in [5.74, 6) is 0.0666. The summed E-state index contributed by atoms with van der Waals surface area (Å²) in [4.78, 5) is 28.9. The van der Waals surface area contributed by atoms with Crippen LogP contribution in [0.1, 0.15) is 25.3 Å². The molecule has 35 heavy (non-hydrogen) atoms. The molecule has 4 atom stereocenters. The average Bonchev–Trinajstić information content (AvgIpc) is 3.51. The van der Waals surface area contributed by atoms with E-state index < -0.39 is 23.5 Å². The molecule has 2 aromatic carbocycles. The van der Waals surface area contributed by atoms with E-state index in [1.54, 1.807) is 17.0 Å². The number of anilines is 2. The van der Waals surface area contributed by atoms with Crippen LogP contribution in [0.15, 0.2) is 48.6 Å². The SMILES string of the molecule is COc1cc(NC(=O)C2C3C(=O)N(c4ccc(C(C)C)cc4)C[C@]34C=C[C@H]2O4)cc(OC)c1OC. The summed E-state index contributed by atoms with van der Waals surface area (Å²) in [6, 6.07) is 11.3. The average molecular weight is 479 g/mol. The maximum atomic E-state index is 13.6. The molecular formula is C27H30N2O6. The molecule has 2 fully saturated rings. The minimum atomic E-state index is -0.796.